The van der Waals surface area contributed by atoms with Crippen molar-refractivity contribution in [3.63, 3.8) is 0 Å². The van der Waals surface area contributed by atoms with Crippen LogP contribution in [0.3, 0.4) is 0 Å². The quantitative estimate of drug-likeness (QED) is 0.828. The van der Waals surface area contributed by atoms with Crippen LogP contribution in [0.25, 0.3) is 0 Å². The minimum atomic E-state index is -2.94. The number of carbonyl (C=O) groups is 1. The van der Waals surface area contributed by atoms with E-state index < -0.39 is 30.8 Å². The van der Waals surface area contributed by atoms with Crippen LogP contribution in [0.1, 0.15) is 48.5 Å². The van der Waals surface area contributed by atoms with Crippen LogP contribution >= 0.6 is 0 Å². The molecule has 0 N–H and O–H groups in total. The first-order valence-corrected chi connectivity index (χ1v) is 8.57. The van der Waals surface area contributed by atoms with Crippen LogP contribution in [0, 0.1) is 5.92 Å². The van der Waals surface area contributed by atoms with Crippen LogP contribution in [-0.2, 0) is 13.1 Å². The van der Waals surface area contributed by atoms with Crippen molar-refractivity contribution in [2.45, 2.75) is 51.2 Å². The van der Waals surface area contributed by atoms with Gasteiger partial charge in [0.25, 0.3) is 11.8 Å². The summed E-state index contributed by atoms with van der Waals surface area (Å²) in [5, 5.41) is 12.1. The molecule has 0 unspecified atom stereocenters. The number of hydrogen-bond acceptors (Lipinski definition) is 4. The summed E-state index contributed by atoms with van der Waals surface area (Å²) in [6.07, 6.45) is 5.08. The van der Waals surface area contributed by atoms with Gasteiger partial charge in [-0.05, 0) is 31.7 Å². The molecule has 1 amide bonds. The third-order valence-electron chi connectivity index (χ3n) is 4.81. The molecule has 1 aliphatic heterocycles. The fourth-order valence-electron chi connectivity index (χ4n) is 3.30. The van der Waals surface area contributed by atoms with E-state index in [0.717, 1.165) is 19.4 Å². The number of rotatable bonds is 5. The van der Waals surface area contributed by atoms with Gasteiger partial charge in [-0.2, -0.15) is 5.10 Å². The largest absolute Gasteiger partial charge is 0.321 e. The number of aromatic nitrogens is 5. The number of likely N-dealkylation sites (tertiary alicyclic amines) is 1. The fraction of sp³-hybridized carbons (Fsp3) is 0.625. The molecule has 134 valence electrons. The van der Waals surface area contributed by atoms with Crippen molar-refractivity contribution < 1.29 is 13.6 Å². The van der Waals surface area contributed by atoms with Gasteiger partial charge in [-0.15, -0.1) is 10.2 Å². The molecular formula is C16H20F2N6O. The number of nitrogens with zero attached hydrogens (tertiary/aromatic N) is 6. The first-order valence-electron chi connectivity index (χ1n) is 8.57. The van der Waals surface area contributed by atoms with Gasteiger partial charge in [0.05, 0.1) is 12.6 Å². The second-order valence-electron chi connectivity index (χ2n) is 6.85. The van der Waals surface area contributed by atoms with Crippen LogP contribution < -0.4 is 0 Å². The van der Waals surface area contributed by atoms with Crippen molar-refractivity contribution in [2.75, 3.05) is 6.54 Å². The maximum absolute atomic E-state index is 14.1. The van der Waals surface area contributed by atoms with Crippen LogP contribution in [-0.4, -0.2) is 47.8 Å². The number of aryl methyl sites for hydroxylation is 1. The molecule has 3 heterocycles. The Bertz CT molecular complexity index is 781. The highest BCUT2D eigenvalue weighted by Crippen LogP contribution is 2.41. The predicted octanol–water partition coefficient (Wildman–Crippen LogP) is 2.13. The van der Waals surface area contributed by atoms with Crippen molar-refractivity contribution in [2.24, 2.45) is 5.92 Å². The van der Waals surface area contributed by atoms with E-state index in [1.165, 1.54) is 4.90 Å². The topological polar surface area (TPSA) is 68.8 Å². The summed E-state index contributed by atoms with van der Waals surface area (Å²) in [4.78, 5) is 14.0. The summed E-state index contributed by atoms with van der Waals surface area (Å²) in [6, 6.07) is 0.782. The maximum atomic E-state index is 14.1. The second kappa shape index (κ2) is 5.89. The summed E-state index contributed by atoms with van der Waals surface area (Å²) in [5.41, 5.74) is 0.179. The zero-order chi connectivity index (χ0) is 17.6. The SMILES string of the molecule is CCn1ccc(C(=O)N2CC(F)(F)C[C@H]2c2nncn2CC2CC2)n1. The van der Waals surface area contributed by atoms with Crippen molar-refractivity contribution in [3.05, 3.63) is 30.1 Å². The van der Waals surface area contributed by atoms with Gasteiger partial charge >= 0.3 is 0 Å². The van der Waals surface area contributed by atoms with Gasteiger partial charge in [-0.1, -0.05) is 0 Å². The average Bonchev–Trinajstić information content (AvgIpc) is 3.00. The lowest BCUT2D eigenvalue weighted by atomic mass is 10.1. The lowest BCUT2D eigenvalue weighted by Gasteiger charge is -2.22. The van der Waals surface area contributed by atoms with E-state index in [0.29, 0.717) is 18.3 Å². The highest BCUT2D eigenvalue weighted by atomic mass is 19.3. The number of amides is 1. The summed E-state index contributed by atoms with van der Waals surface area (Å²) < 4.78 is 31.6. The molecule has 1 atom stereocenters. The zero-order valence-corrected chi connectivity index (χ0v) is 14.0. The van der Waals surface area contributed by atoms with Crippen LogP contribution in [0.5, 0.6) is 0 Å². The number of halogens is 2. The first kappa shape index (κ1) is 16.2. The monoisotopic (exact) mass is 350 g/mol. The molecule has 0 radical (unpaired) electrons. The lowest BCUT2D eigenvalue weighted by Crippen LogP contribution is -2.34. The molecule has 4 rings (SSSR count). The Morgan fingerprint density at radius 3 is 2.88 bits per heavy atom. The Morgan fingerprint density at radius 2 is 2.20 bits per heavy atom. The third kappa shape index (κ3) is 3.14. The Kier molecular flexibility index (Phi) is 3.81. The summed E-state index contributed by atoms with van der Waals surface area (Å²) in [7, 11) is 0. The molecule has 0 spiro atoms. The van der Waals surface area contributed by atoms with Crippen LogP contribution in [0.4, 0.5) is 8.78 Å². The van der Waals surface area contributed by atoms with Crippen molar-refractivity contribution in [3.8, 4) is 0 Å². The molecule has 2 aliphatic rings. The molecule has 7 nitrogen and oxygen atoms in total. The molecule has 2 fully saturated rings. The molecule has 0 aromatic carbocycles. The van der Waals surface area contributed by atoms with Gasteiger partial charge < -0.3 is 9.47 Å². The third-order valence-corrected chi connectivity index (χ3v) is 4.81. The second-order valence-corrected chi connectivity index (χ2v) is 6.85. The number of alkyl halides is 2. The van der Waals surface area contributed by atoms with E-state index in [-0.39, 0.29) is 5.69 Å². The Hall–Kier alpha value is -2.32. The van der Waals surface area contributed by atoms with E-state index in [2.05, 4.69) is 15.3 Å². The molecule has 1 saturated carbocycles. The van der Waals surface area contributed by atoms with Crippen LogP contribution in [0.2, 0.25) is 0 Å². The molecule has 25 heavy (non-hydrogen) atoms. The van der Waals surface area contributed by atoms with Crippen molar-refractivity contribution in [1.82, 2.24) is 29.4 Å². The summed E-state index contributed by atoms with van der Waals surface area (Å²) >= 11 is 0. The van der Waals surface area contributed by atoms with E-state index in [1.807, 2.05) is 11.5 Å². The van der Waals surface area contributed by atoms with Gasteiger partial charge in [0.2, 0.25) is 0 Å². The standard InChI is InChI=1S/C16H20F2N6O/c1-2-23-6-5-12(21-23)15(25)24-9-16(17,18)7-13(24)14-20-19-10-22(14)8-11-3-4-11/h5-6,10-11,13H,2-4,7-9H2,1H3/t13-/m0/s1. The molecule has 1 aliphatic carbocycles. The smallest absolute Gasteiger partial charge is 0.275 e. The molecule has 1 saturated heterocycles. The normalized spacial score (nSPS) is 22.5. The number of hydrogen-bond donors (Lipinski definition) is 0. The molecule has 0 bridgehead atoms. The predicted molar refractivity (Wildman–Crippen MR) is 84.0 cm³/mol. The highest BCUT2D eigenvalue weighted by Gasteiger charge is 2.50. The summed E-state index contributed by atoms with van der Waals surface area (Å²) in [6.45, 7) is 2.61. The minimum Gasteiger partial charge on any atom is -0.321 e. The van der Waals surface area contributed by atoms with Crippen LogP contribution in [0.15, 0.2) is 18.6 Å². The van der Waals surface area contributed by atoms with E-state index in [4.69, 9.17) is 0 Å². The highest BCUT2D eigenvalue weighted by molar-refractivity contribution is 5.92. The Morgan fingerprint density at radius 1 is 1.40 bits per heavy atom. The van der Waals surface area contributed by atoms with Gasteiger partial charge in [0.15, 0.2) is 5.82 Å². The fourth-order valence-corrected chi connectivity index (χ4v) is 3.30. The van der Waals surface area contributed by atoms with Crippen molar-refractivity contribution in [1.29, 1.82) is 0 Å². The first-order chi connectivity index (χ1) is 12.0. The average molecular weight is 350 g/mol. The number of carbonyl (C=O) groups excluding carboxylic acids is 1. The summed E-state index contributed by atoms with van der Waals surface area (Å²) in [5.74, 6) is -2.44. The van der Waals surface area contributed by atoms with Crippen molar-refractivity contribution >= 4 is 5.91 Å². The van der Waals surface area contributed by atoms with Gasteiger partial charge in [0.1, 0.15) is 12.0 Å². The molecule has 2 aromatic heterocycles. The van der Waals surface area contributed by atoms with Gasteiger partial charge in [-0.25, -0.2) is 8.78 Å². The Balaban J connectivity index is 1.62. The van der Waals surface area contributed by atoms with E-state index >= 15 is 0 Å². The maximum Gasteiger partial charge on any atom is 0.275 e. The molecular weight excluding hydrogens is 330 g/mol. The van der Waals surface area contributed by atoms with E-state index in [9.17, 15) is 13.6 Å². The van der Waals surface area contributed by atoms with Gasteiger partial charge in [0, 0.05) is 25.7 Å². The Labute approximate surface area is 143 Å². The van der Waals surface area contributed by atoms with E-state index in [1.54, 1.807) is 23.3 Å². The lowest BCUT2D eigenvalue weighted by molar-refractivity contribution is 0.0116. The zero-order valence-electron chi connectivity index (χ0n) is 14.0. The molecule has 9 heteroatoms. The minimum absolute atomic E-state index is 0.179. The van der Waals surface area contributed by atoms with Gasteiger partial charge in [-0.3, -0.25) is 9.48 Å². The molecule has 2 aromatic rings.